The van der Waals surface area contributed by atoms with Crippen molar-refractivity contribution in [2.75, 3.05) is 17.2 Å². The van der Waals surface area contributed by atoms with E-state index < -0.39 is 10.8 Å². The van der Waals surface area contributed by atoms with E-state index in [9.17, 15) is 4.21 Å². The fourth-order valence-corrected chi connectivity index (χ4v) is 6.01. The molecule has 30 heavy (non-hydrogen) atoms. The SMILES string of the molecule is CCCCS(=O)c1sc2nc(-c3cnc(N)nc3)cc(-c3cnc(C)n3C)c2c1N. The minimum absolute atomic E-state index is 0.205. The summed E-state index contributed by atoms with van der Waals surface area (Å²) in [6.45, 7) is 4.02. The molecule has 0 radical (unpaired) electrons. The van der Waals surface area contributed by atoms with Gasteiger partial charge in [-0.3, -0.25) is 4.21 Å². The molecule has 4 aromatic heterocycles. The topological polar surface area (TPSA) is 126 Å². The first kappa shape index (κ1) is 20.4. The number of fused-ring (bicyclic) bond motifs is 1. The van der Waals surface area contributed by atoms with Gasteiger partial charge in [-0.2, -0.15) is 0 Å². The maximum absolute atomic E-state index is 12.9. The largest absolute Gasteiger partial charge is 0.396 e. The summed E-state index contributed by atoms with van der Waals surface area (Å²) in [5, 5.41) is 0.808. The maximum Gasteiger partial charge on any atom is 0.219 e. The molecule has 0 spiro atoms. The second-order valence-corrected chi connectivity index (χ2v) is 9.79. The molecule has 1 atom stereocenters. The summed E-state index contributed by atoms with van der Waals surface area (Å²) in [5.41, 5.74) is 15.9. The molecular formula is C20H23N7OS2. The zero-order valence-corrected chi connectivity index (χ0v) is 18.7. The predicted octanol–water partition coefficient (Wildman–Crippen LogP) is 3.53. The van der Waals surface area contributed by atoms with Crippen molar-refractivity contribution < 1.29 is 4.21 Å². The first-order valence-electron chi connectivity index (χ1n) is 9.58. The van der Waals surface area contributed by atoms with E-state index in [0.29, 0.717) is 21.3 Å². The number of imidazole rings is 1. The first-order chi connectivity index (χ1) is 14.4. The van der Waals surface area contributed by atoms with Gasteiger partial charge in [0.25, 0.3) is 0 Å². The van der Waals surface area contributed by atoms with Crippen LogP contribution in [0.4, 0.5) is 11.6 Å². The molecule has 0 amide bonds. The molecule has 8 nitrogen and oxygen atoms in total. The number of nitrogens with zero attached hydrogens (tertiary/aromatic N) is 5. The molecule has 0 fully saturated rings. The van der Waals surface area contributed by atoms with E-state index in [0.717, 1.165) is 45.7 Å². The van der Waals surface area contributed by atoms with E-state index in [-0.39, 0.29) is 5.95 Å². The highest BCUT2D eigenvalue weighted by Crippen LogP contribution is 2.42. The van der Waals surface area contributed by atoms with E-state index in [4.69, 9.17) is 16.5 Å². The predicted molar refractivity (Wildman–Crippen MR) is 123 cm³/mol. The number of aromatic nitrogens is 5. The van der Waals surface area contributed by atoms with Crippen LogP contribution >= 0.6 is 11.3 Å². The van der Waals surface area contributed by atoms with E-state index in [2.05, 4.69) is 21.9 Å². The number of nitrogen functional groups attached to an aromatic ring is 2. The van der Waals surface area contributed by atoms with E-state index in [1.807, 2.05) is 30.8 Å². The van der Waals surface area contributed by atoms with Crippen LogP contribution in [0.1, 0.15) is 25.6 Å². The minimum Gasteiger partial charge on any atom is -0.396 e. The van der Waals surface area contributed by atoms with Crippen molar-refractivity contribution >= 4 is 44.0 Å². The van der Waals surface area contributed by atoms with Crippen molar-refractivity contribution in [2.24, 2.45) is 7.05 Å². The third-order valence-electron chi connectivity index (χ3n) is 5.02. The summed E-state index contributed by atoms with van der Waals surface area (Å²) in [4.78, 5) is 18.1. The highest BCUT2D eigenvalue weighted by Gasteiger charge is 2.22. The van der Waals surface area contributed by atoms with Gasteiger partial charge in [0.15, 0.2) is 0 Å². The molecule has 1 unspecified atom stereocenters. The quantitative estimate of drug-likeness (QED) is 0.469. The Morgan fingerprint density at radius 2 is 1.90 bits per heavy atom. The summed E-state index contributed by atoms with van der Waals surface area (Å²) in [6.07, 6.45) is 6.97. The van der Waals surface area contributed by atoms with Gasteiger partial charge in [0.05, 0.1) is 34.1 Å². The average molecular weight is 442 g/mol. The Morgan fingerprint density at radius 3 is 2.53 bits per heavy atom. The van der Waals surface area contributed by atoms with Crippen molar-refractivity contribution in [3.63, 3.8) is 0 Å². The number of anilines is 2. The second-order valence-electron chi connectivity index (χ2n) is 7.02. The highest BCUT2D eigenvalue weighted by atomic mass is 32.2. The Kier molecular flexibility index (Phi) is 5.52. The van der Waals surface area contributed by atoms with E-state index in [1.165, 1.54) is 11.3 Å². The molecule has 4 rings (SSSR count). The fourth-order valence-electron chi connectivity index (χ4n) is 3.21. The second kappa shape index (κ2) is 8.11. The van der Waals surface area contributed by atoms with E-state index >= 15 is 0 Å². The summed E-state index contributed by atoms with van der Waals surface area (Å²) >= 11 is 1.38. The smallest absolute Gasteiger partial charge is 0.219 e. The number of aryl methyl sites for hydroxylation is 1. The maximum atomic E-state index is 12.9. The third kappa shape index (κ3) is 3.56. The Morgan fingerprint density at radius 1 is 1.17 bits per heavy atom. The molecule has 156 valence electrons. The fraction of sp³-hybridized carbons (Fsp3) is 0.300. The first-order valence-corrected chi connectivity index (χ1v) is 11.7. The Bertz CT molecular complexity index is 1240. The van der Waals surface area contributed by atoms with Gasteiger partial charge in [-0.05, 0) is 19.4 Å². The van der Waals surface area contributed by atoms with Gasteiger partial charge in [-0.25, -0.2) is 19.9 Å². The van der Waals surface area contributed by atoms with Crippen molar-refractivity contribution in [3.8, 4) is 22.5 Å². The Hall–Kier alpha value is -2.85. The number of rotatable bonds is 6. The lowest BCUT2D eigenvalue weighted by atomic mass is 10.1. The van der Waals surface area contributed by atoms with Crippen LogP contribution in [0.2, 0.25) is 0 Å². The zero-order valence-electron chi connectivity index (χ0n) is 17.0. The molecule has 4 heterocycles. The summed E-state index contributed by atoms with van der Waals surface area (Å²) in [7, 11) is 0.800. The highest BCUT2D eigenvalue weighted by molar-refractivity contribution is 7.87. The number of hydrogen-bond donors (Lipinski definition) is 2. The van der Waals surface area contributed by atoms with Crippen LogP contribution in [-0.2, 0) is 17.8 Å². The molecule has 0 saturated heterocycles. The van der Waals surface area contributed by atoms with Crippen molar-refractivity contribution in [2.45, 2.75) is 30.9 Å². The standard InChI is InChI=1S/C20H23N7OS2/c1-4-5-6-30(28)19-17(21)16-13(15-10-23-11(2)27(15)3)7-14(26-18(16)29-19)12-8-24-20(22)25-9-12/h7-10H,4-6,21H2,1-3H3,(H2,22,24,25). The normalized spacial score (nSPS) is 12.5. The zero-order chi connectivity index (χ0) is 21.4. The Balaban J connectivity index is 1.97. The molecule has 0 saturated carbocycles. The number of unbranched alkanes of at least 4 members (excludes halogenated alkanes) is 1. The number of hydrogen-bond acceptors (Lipinski definition) is 8. The van der Waals surface area contributed by atoms with Crippen LogP contribution in [0.15, 0.2) is 28.9 Å². The van der Waals surface area contributed by atoms with Crippen molar-refractivity contribution in [1.29, 1.82) is 0 Å². The van der Waals surface area contributed by atoms with Crippen LogP contribution in [0, 0.1) is 6.92 Å². The number of nitrogens with two attached hydrogens (primary N) is 2. The lowest BCUT2D eigenvalue weighted by molar-refractivity contribution is 0.681. The molecular weight excluding hydrogens is 418 g/mol. The van der Waals surface area contributed by atoms with Gasteiger partial charge in [0.2, 0.25) is 5.95 Å². The molecule has 4 N–H and O–H groups in total. The summed E-state index contributed by atoms with van der Waals surface area (Å²) < 4.78 is 15.5. The number of pyridine rings is 1. The minimum atomic E-state index is -1.16. The van der Waals surface area contributed by atoms with E-state index in [1.54, 1.807) is 12.4 Å². The molecule has 0 aromatic carbocycles. The molecule has 0 aliphatic rings. The van der Waals surface area contributed by atoms with Gasteiger partial charge in [0, 0.05) is 41.7 Å². The van der Waals surface area contributed by atoms with Crippen LogP contribution in [0.25, 0.3) is 32.7 Å². The number of thiophene rings is 1. The van der Waals surface area contributed by atoms with Crippen LogP contribution in [0.5, 0.6) is 0 Å². The van der Waals surface area contributed by atoms with Crippen LogP contribution in [-0.4, -0.2) is 34.5 Å². The third-order valence-corrected chi connectivity index (χ3v) is 8.01. The van der Waals surface area contributed by atoms with Gasteiger partial charge in [-0.15, -0.1) is 11.3 Å². The molecule has 0 bridgehead atoms. The van der Waals surface area contributed by atoms with Gasteiger partial charge >= 0.3 is 0 Å². The van der Waals surface area contributed by atoms with Gasteiger partial charge in [0.1, 0.15) is 14.9 Å². The average Bonchev–Trinajstić information content (AvgIpc) is 3.25. The van der Waals surface area contributed by atoms with Crippen LogP contribution < -0.4 is 11.5 Å². The molecule has 4 aromatic rings. The van der Waals surface area contributed by atoms with Crippen LogP contribution in [0.3, 0.4) is 0 Å². The molecule has 0 aliphatic carbocycles. The lowest BCUT2D eigenvalue weighted by Gasteiger charge is -2.09. The summed E-state index contributed by atoms with van der Waals surface area (Å²) in [5.74, 6) is 1.68. The van der Waals surface area contributed by atoms with Crippen molar-refractivity contribution in [3.05, 3.63) is 30.5 Å². The monoisotopic (exact) mass is 441 g/mol. The molecule has 10 heteroatoms. The summed E-state index contributed by atoms with van der Waals surface area (Å²) in [6, 6.07) is 1.95. The Labute approximate surface area is 180 Å². The van der Waals surface area contributed by atoms with Crippen molar-refractivity contribution in [1.82, 2.24) is 24.5 Å². The lowest BCUT2D eigenvalue weighted by Crippen LogP contribution is -2.00. The van der Waals surface area contributed by atoms with Gasteiger partial charge in [-0.1, -0.05) is 13.3 Å². The van der Waals surface area contributed by atoms with Gasteiger partial charge < -0.3 is 16.0 Å². The molecule has 0 aliphatic heterocycles.